The van der Waals surface area contributed by atoms with Crippen molar-refractivity contribution in [2.45, 2.75) is 52.0 Å². The lowest BCUT2D eigenvalue weighted by atomic mass is 10.0. The molecule has 0 aliphatic heterocycles. The first-order valence-electron chi connectivity index (χ1n) is 8.11. The fourth-order valence-electron chi connectivity index (χ4n) is 2.65. The molecule has 0 amide bonds. The van der Waals surface area contributed by atoms with Crippen LogP contribution < -0.4 is 9.46 Å². The number of ether oxygens (including phenoxy) is 1. The van der Waals surface area contributed by atoms with Crippen LogP contribution in [0.4, 0.5) is 0 Å². The van der Waals surface area contributed by atoms with Crippen molar-refractivity contribution in [2.24, 2.45) is 5.92 Å². The van der Waals surface area contributed by atoms with Gasteiger partial charge in [0.1, 0.15) is 11.8 Å². The number of hydrogen-bond acceptors (Lipinski definition) is 6. The van der Waals surface area contributed by atoms with Gasteiger partial charge in [-0.3, -0.25) is 0 Å². The smallest absolute Gasteiger partial charge is 0.241 e. The molecule has 1 unspecified atom stereocenters. The third-order valence-corrected chi connectivity index (χ3v) is 5.44. The van der Waals surface area contributed by atoms with E-state index in [0.29, 0.717) is 23.6 Å². The number of aryl methyl sites for hydroxylation is 3. The number of nitrogens with zero attached hydrogens (tertiary/aromatic N) is 2. The fourth-order valence-corrected chi connectivity index (χ4v) is 4.16. The third-order valence-electron chi connectivity index (χ3n) is 3.83. The van der Waals surface area contributed by atoms with Gasteiger partial charge in [-0.1, -0.05) is 13.8 Å². The Bertz CT molecular complexity index is 844. The van der Waals surface area contributed by atoms with Crippen LogP contribution in [0.3, 0.4) is 0 Å². The maximum Gasteiger partial charge on any atom is 0.241 e. The largest absolute Gasteiger partial charge is 0.496 e. The number of rotatable bonds is 7. The summed E-state index contributed by atoms with van der Waals surface area (Å²) >= 11 is 0. The molecule has 1 aromatic heterocycles. The molecular weight excluding hydrogens is 342 g/mol. The quantitative estimate of drug-likeness (QED) is 0.808. The summed E-state index contributed by atoms with van der Waals surface area (Å²) in [4.78, 5) is 0.218. The highest BCUT2D eigenvalue weighted by Crippen LogP contribution is 2.28. The second-order valence-corrected chi connectivity index (χ2v) is 8.23. The van der Waals surface area contributed by atoms with Crippen LogP contribution in [0.5, 0.6) is 5.75 Å². The lowest BCUT2D eigenvalue weighted by Crippen LogP contribution is -2.30. The van der Waals surface area contributed by atoms with Crippen molar-refractivity contribution < 1.29 is 17.6 Å². The standard InChI is InChI=1S/C17H25N3O4S/c1-10(2)7-14(17-19-18-13(5)24-17)20-25(21,22)16-9-11(3)15(23-6)8-12(16)4/h8-10,14,20H,7H2,1-6H3. The average molecular weight is 367 g/mol. The molecule has 2 rings (SSSR count). The van der Waals surface area contributed by atoms with Gasteiger partial charge < -0.3 is 9.15 Å². The van der Waals surface area contributed by atoms with E-state index < -0.39 is 16.1 Å². The molecule has 8 heteroatoms. The fraction of sp³-hybridized carbons (Fsp3) is 0.529. The Morgan fingerprint density at radius 2 is 1.84 bits per heavy atom. The first kappa shape index (κ1) is 19.4. The first-order valence-corrected chi connectivity index (χ1v) is 9.60. The molecule has 0 bridgehead atoms. The van der Waals surface area contributed by atoms with Crippen molar-refractivity contribution in [1.82, 2.24) is 14.9 Å². The van der Waals surface area contributed by atoms with E-state index in [-0.39, 0.29) is 16.7 Å². The summed E-state index contributed by atoms with van der Waals surface area (Å²) in [5.74, 6) is 1.58. The molecule has 1 N–H and O–H groups in total. The van der Waals surface area contributed by atoms with Crippen LogP contribution in [0.1, 0.15) is 49.2 Å². The van der Waals surface area contributed by atoms with Crippen LogP contribution in [0, 0.1) is 26.7 Å². The third kappa shape index (κ3) is 4.58. The van der Waals surface area contributed by atoms with E-state index in [9.17, 15) is 8.42 Å². The maximum absolute atomic E-state index is 12.9. The van der Waals surface area contributed by atoms with E-state index in [4.69, 9.17) is 9.15 Å². The Morgan fingerprint density at radius 3 is 2.36 bits per heavy atom. The Balaban J connectivity index is 2.39. The van der Waals surface area contributed by atoms with Gasteiger partial charge >= 0.3 is 0 Å². The number of benzene rings is 1. The van der Waals surface area contributed by atoms with Crippen molar-refractivity contribution in [2.75, 3.05) is 7.11 Å². The number of nitrogens with one attached hydrogen (secondary N) is 1. The summed E-state index contributed by atoms with van der Waals surface area (Å²) in [6.07, 6.45) is 0.551. The summed E-state index contributed by atoms with van der Waals surface area (Å²) in [6, 6.07) is 2.76. The predicted octanol–water partition coefficient (Wildman–Crippen LogP) is 3.07. The second kappa shape index (κ2) is 7.53. The number of aromatic nitrogens is 2. The number of hydrogen-bond donors (Lipinski definition) is 1. The normalized spacial score (nSPS) is 13.2. The Labute approximate surface area is 148 Å². The Hall–Kier alpha value is -1.93. The molecule has 7 nitrogen and oxygen atoms in total. The predicted molar refractivity (Wildman–Crippen MR) is 94.0 cm³/mol. The highest BCUT2D eigenvalue weighted by molar-refractivity contribution is 7.89. The van der Waals surface area contributed by atoms with E-state index in [1.54, 1.807) is 33.1 Å². The van der Waals surface area contributed by atoms with Gasteiger partial charge in [0.05, 0.1) is 12.0 Å². The molecule has 138 valence electrons. The van der Waals surface area contributed by atoms with E-state index in [0.717, 1.165) is 5.56 Å². The van der Waals surface area contributed by atoms with Crippen molar-refractivity contribution in [3.05, 3.63) is 35.0 Å². The second-order valence-electron chi connectivity index (χ2n) is 6.55. The van der Waals surface area contributed by atoms with E-state index in [1.165, 1.54) is 0 Å². The highest BCUT2D eigenvalue weighted by atomic mass is 32.2. The Morgan fingerprint density at radius 1 is 1.16 bits per heavy atom. The molecule has 0 radical (unpaired) electrons. The number of methoxy groups -OCH3 is 1. The first-order chi connectivity index (χ1) is 11.6. The minimum atomic E-state index is -3.76. The van der Waals surface area contributed by atoms with Crippen LogP contribution in [-0.2, 0) is 10.0 Å². The molecule has 25 heavy (non-hydrogen) atoms. The Kier molecular flexibility index (Phi) is 5.84. The molecule has 1 heterocycles. The molecule has 0 saturated heterocycles. The van der Waals surface area contributed by atoms with Gasteiger partial charge in [0.15, 0.2) is 0 Å². The molecule has 1 atom stereocenters. The summed E-state index contributed by atoms with van der Waals surface area (Å²) in [5, 5.41) is 7.78. The molecule has 0 spiro atoms. The summed E-state index contributed by atoms with van der Waals surface area (Å²) in [5.41, 5.74) is 1.36. The van der Waals surface area contributed by atoms with Crippen molar-refractivity contribution in [1.29, 1.82) is 0 Å². The van der Waals surface area contributed by atoms with Crippen molar-refractivity contribution >= 4 is 10.0 Å². The van der Waals surface area contributed by atoms with Crippen LogP contribution in [-0.4, -0.2) is 25.7 Å². The van der Waals surface area contributed by atoms with Crippen molar-refractivity contribution in [3.8, 4) is 5.75 Å². The molecule has 1 aromatic carbocycles. The molecule has 0 fully saturated rings. The lowest BCUT2D eigenvalue weighted by molar-refractivity contribution is 0.372. The van der Waals surface area contributed by atoms with E-state index >= 15 is 0 Å². The zero-order valence-corrected chi connectivity index (χ0v) is 16.3. The van der Waals surface area contributed by atoms with Crippen LogP contribution in [0.2, 0.25) is 0 Å². The van der Waals surface area contributed by atoms with Gasteiger partial charge in [-0.15, -0.1) is 10.2 Å². The van der Waals surface area contributed by atoms with Crippen molar-refractivity contribution in [3.63, 3.8) is 0 Å². The monoisotopic (exact) mass is 367 g/mol. The van der Waals surface area contributed by atoms with Crippen LogP contribution >= 0.6 is 0 Å². The van der Waals surface area contributed by atoms with Gasteiger partial charge in [0.2, 0.25) is 21.8 Å². The number of sulfonamides is 1. The van der Waals surface area contributed by atoms with Gasteiger partial charge in [-0.05, 0) is 49.4 Å². The van der Waals surface area contributed by atoms with Gasteiger partial charge in [0, 0.05) is 6.92 Å². The maximum atomic E-state index is 12.9. The van der Waals surface area contributed by atoms with Crippen LogP contribution in [0.15, 0.2) is 21.4 Å². The highest BCUT2D eigenvalue weighted by Gasteiger charge is 2.27. The van der Waals surface area contributed by atoms with E-state index in [2.05, 4.69) is 14.9 Å². The van der Waals surface area contributed by atoms with E-state index in [1.807, 2.05) is 20.8 Å². The average Bonchev–Trinajstić information content (AvgIpc) is 2.94. The van der Waals surface area contributed by atoms with Gasteiger partial charge in [0.25, 0.3) is 0 Å². The summed E-state index contributed by atoms with van der Waals surface area (Å²) in [6.45, 7) is 9.24. The molecule has 0 aliphatic carbocycles. The van der Waals surface area contributed by atoms with Crippen LogP contribution in [0.25, 0.3) is 0 Å². The molecule has 0 aliphatic rings. The minimum absolute atomic E-state index is 0.218. The van der Waals surface area contributed by atoms with Gasteiger partial charge in [-0.2, -0.15) is 4.72 Å². The molecule has 0 saturated carbocycles. The SMILES string of the molecule is COc1cc(C)c(S(=O)(=O)NC(CC(C)C)c2nnc(C)o2)cc1C. The zero-order valence-electron chi connectivity index (χ0n) is 15.5. The topological polar surface area (TPSA) is 94.3 Å². The summed E-state index contributed by atoms with van der Waals surface area (Å²) < 4.78 is 39.3. The lowest BCUT2D eigenvalue weighted by Gasteiger charge is -2.19. The summed E-state index contributed by atoms with van der Waals surface area (Å²) in [7, 11) is -2.20. The molecular formula is C17H25N3O4S. The zero-order chi connectivity index (χ0) is 18.8. The minimum Gasteiger partial charge on any atom is -0.496 e. The van der Waals surface area contributed by atoms with Gasteiger partial charge in [-0.25, -0.2) is 8.42 Å². The molecule has 2 aromatic rings.